The lowest BCUT2D eigenvalue weighted by atomic mass is 10.5. The summed E-state index contributed by atoms with van der Waals surface area (Å²) in [6.45, 7) is 0.601. The summed E-state index contributed by atoms with van der Waals surface area (Å²) < 4.78 is 114. The van der Waals surface area contributed by atoms with Crippen molar-refractivity contribution in [2.24, 2.45) is 0 Å². The summed E-state index contributed by atoms with van der Waals surface area (Å²) in [7, 11) is -10.7. The van der Waals surface area contributed by atoms with Crippen LogP contribution in [0, 0.1) is 0 Å². The zero-order chi connectivity index (χ0) is 15.9. The van der Waals surface area contributed by atoms with E-state index in [1.165, 1.54) is 0 Å². The third kappa shape index (κ3) is 4.82. The standard InChI is InChI=1S/C7H10F6O4S2/c1-5(2,18(14,15)3-6(8,9)10)19(16,17)4-7(11,12)13/h3-4H2,1-2H3. The van der Waals surface area contributed by atoms with Gasteiger partial charge in [-0.1, -0.05) is 0 Å². The third-order valence-corrected chi connectivity index (χ3v) is 8.14. The van der Waals surface area contributed by atoms with Crippen LogP contribution in [-0.4, -0.2) is 44.8 Å². The van der Waals surface area contributed by atoms with E-state index in [0.717, 1.165) is 0 Å². The van der Waals surface area contributed by atoms with Crippen LogP contribution in [0.3, 0.4) is 0 Å². The maximum absolute atomic E-state index is 12.0. The van der Waals surface area contributed by atoms with Gasteiger partial charge >= 0.3 is 12.4 Å². The van der Waals surface area contributed by atoms with Crippen LogP contribution in [0.5, 0.6) is 0 Å². The van der Waals surface area contributed by atoms with E-state index in [2.05, 4.69) is 0 Å². The Hall–Kier alpha value is -0.520. The first-order chi connectivity index (χ1) is 7.91. The van der Waals surface area contributed by atoms with E-state index in [9.17, 15) is 43.2 Å². The zero-order valence-electron chi connectivity index (χ0n) is 9.63. The van der Waals surface area contributed by atoms with E-state index in [1.807, 2.05) is 0 Å². The van der Waals surface area contributed by atoms with Crippen molar-refractivity contribution in [3.63, 3.8) is 0 Å². The zero-order valence-corrected chi connectivity index (χ0v) is 11.3. The second-order valence-corrected chi connectivity index (χ2v) is 9.48. The number of sulfone groups is 2. The highest BCUT2D eigenvalue weighted by atomic mass is 32.3. The Morgan fingerprint density at radius 3 is 1.05 bits per heavy atom. The molecule has 19 heavy (non-hydrogen) atoms. The van der Waals surface area contributed by atoms with Gasteiger partial charge in [-0.15, -0.1) is 0 Å². The van der Waals surface area contributed by atoms with E-state index in [0.29, 0.717) is 13.8 Å². The van der Waals surface area contributed by atoms with Crippen LogP contribution < -0.4 is 0 Å². The lowest BCUT2D eigenvalue weighted by Gasteiger charge is -2.25. The quantitative estimate of drug-likeness (QED) is 0.733. The Labute approximate surface area is 105 Å². The molecule has 0 aromatic heterocycles. The Morgan fingerprint density at radius 1 is 0.684 bits per heavy atom. The third-order valence-electron chi connectivity index (χ3n) is 2.21. The van der Waals surface area contributed by atoms with E-state index in [1.54, 1.807) is 0 Å². The van der Waals surface area contributed by atoms with E-state index < -0.39 is 47.6 Å². The first kappa shape index (κ1) is 18.5. The van der Waals surface area contributed by atoms with Gasteiger partial charge in [-0.2, -0.15) is 26.3 Å². The first-order valence-electron chi connectivity index (χ1n) is 4.49. The Kier molecular flexibility index (Phi) is 4.66. The summed E-state index contributed by atoms with van der Waals surface area (Å²) in [4.78, 5) is 0. The molecule has 0 aliphatic rings. The summed E-state index contributed by atoms with van der Waals surface area (Å²) in [6, 6.07) is 0. The van der Waals surface area contributed by atoms with Crippen molar-refractivity contribution in [1.29, 1.82) is 0 Å². The minimum atomic E-state index is -5.36. The van der Waals surface area contributed by atoms with Gasteiger partial charge in [0.2, 0.25) is 0 Å². The molecule has 0 bridgehead atoms. The van der Waals surface area contributed by atoms with Crippen LogP contribution in [0.1, 0.15) is 13.8 Å². The number of alkyl halides is 6. The van der Waals surface area contributed by atoms with Crippen LogP contribution >= 0.6 is 0 Å². The predicted octanol–water partition coefficient (Wildman–Crippen LogP) is 1.68. The molecule has 0 saturated carbocycles. The molecule has 0 saturated heterocycles. The minimum absolute atomic E-state index is 0.301. The molecule has 0 amide bonds. The summed E-state index contributed by atoms with van der Waals surface area (Å²) in [5, 5.41) is 0. The molecule has 0 aliphatic heterocycles. The van der Waals surface area contributed by atoms with Gasteiger partial charge in [-0.25, -0.2) is 16.8 Å². The van der Waals surface area contributed by atoms with Crippen molar-refractivity contribution >= 4 is 19.7 Å². The highest BCUT2D eigenvalue weighted by molar-refractivity contribution is 8.10. The lowest BCUT2D eigenvalue weighted by molar-refractivity contribution is -0.107. The van der Waals surface area contributed by atoms with Gasteiger partial charge in [0.25, 0.3) is 0 Å². The van der Waals surface area contributed by atoms with Gasteiger partial charge < -0.3 is 0 Å². The average molecular weight is 336 g/mol. The molecule has 0 radical (unpaired) electrons. The predicted molar refractivity (Wildman–Crippen MR) is 53.8 cm³/mol. The van der Waals surface area contributed by atoms with Crippen LogP contribution in [0.4, 0.5) is 26.3 Å². The Bertz CT molecular complexity index is 477. The molecular weight excluding hydrogens is 326 g/mol. The first-order valence-corrected chi connectivity index (χ1v) is 7.80. The summed E-state index contributed by atoms with van der Waals surface area (Å²) in [5.74, 6) is -5.02. The molecule has 0 fully saturated rings. The number of rotatable bonds is 4. The molecule has 0 atom stereocenters. The van der Waals surface area contributed by atoms with Crippen molar-refractivity contribution in [2.75, 3.05) is 11.5 Å². The fourth-order valence-corrected chi connectivity index (χ4v) is 4.43. The van der Waals surface area contributed by atoms with Gasteiger partial charge in [-0.05, 0) is 13.8 Å². The molecule has 12 heteroatoms. The minimum Gasteiger partial charge on any atom is -0.227 e. The molecule has 116 valence electrons. The van der Waals surface area contributed by atoms with Crippen molar-refractivity contribution in [2.45, 2.75) is 30.3 Å². The van der Waals surface area contributed by atoms with Crippen molar-refractivity contribution in [3.8, 4) is 0 Å². The molecular formula is C7H10F6O4S2. The fraction of sp³-hybridized carbons (Fsp3) is 1.00. The molecule has 0 heterocycles. The smallest absolute Gasteiger partial charge is 0.227 e. The van der Waals surface area contributed by atoms with Gasteiger partial charge in [-0.3, -0.25) is 0 Å². The summed E-state index contributed by atoms with van der Waals surface area (Å²) in [5.41, 5.74) is 0. The van der Waals surface area contributed by atoms with Gasteiger partial charge in [0.1, 0.15) is 11.5 Å². The highest BCUT2D eigenvalue weighted by Crippen LogP contribution is 2.33. The van der Waals surface area contributed by atoms with E-state index >= 15 is 0 Å². The Morgan fingerprint density at radius 2 is 0.895 bits per heavy atom. The van der Waals surface area contributed by atoms with Crippen molar-refractivity contribution in [3.05, 3.63) is 0 Å². The molecule has 0 N–H and O–H groups in total. The van der Waals surface area contributed by atoms with Crippen LogP contribution in [-0.2, 0) is 19.7 Å². The monoisotopic (exact) mass is 336 g/mol. The van der Waals surface area contributed by atoms with Crippen LogP contribution in [0.25, 0.3) is 0 Å². The van der Waals surface area contributed by atoms with Gasteiger partial charge in [0.05, 0.1) is 0 Å². The van der Waals surface area contributed by atoms with Crippen molar-refractivity contribution < 1.29 is 43.2 Å². The summed E-state index contributed by atoms with van der Waals surface area (Å²) >= 11 is 0. The maximum atomic E-state index is 12.0. The Balaban J connectivity index is 5.63. The van der Waals surface area contributed by atoms with Crippen LogP contribution in [0.15, 0.2) is 0 Å². The number of hydrogen-bond donors (Lipinski definition) is 0. The normalized spacial score (nSPS) is 15.6. The molecule has 4 nitrogen and oxygen atoms in total. The van der Waals surface area contributed by atoms with E-state index in [-0.39, 0.29) is 0 Å². The largest absolute Gasteiger partial charge is 0.402 e. The maximum Gasteiger partial charge on any atom is 0.402 e. The number of hydrogen-bond acceptors (Lipinski definition) is 4. The molecule has 0 aliphatic carbocycles. The van der Waals surface area contributed by atoms with Gasteiger partial charge in [0.15, 0.2) is 23.8 Å². The lowest BCUT2D eigenvalue weighted by Crippen LogP contribution is -2.48. The summed E-state index contributed by atoms with van der Waals surface area (Å²) in [6.07, 6.45) is -10.5. The molecule has 0 spiro atoms. The molecule has 0 unspecified atom stereocenters. The second-order valence-electron chi connectivity index (χ2n) is 4.15. The van der Waals surface area contributed by atoms with Crippen molar-refractivity contribution in [1.82, 2.24) is 0 Å². The molecule has 0 aromatic rings. The average Bonchev–Trinajstić information content (AvgIpc) is 1.92. The SMILES string of the molecule is CC(C)(S(=O)(=O)CC(F)(F)F)S(=O)(=O)CC(F)(F)F. The topological polar surface area (TPSA) is 68.3 Å². The highest BCUT2D eigenvalue weighted by Gasteiger charge is 2.54. The number of halogens is 6. The molecule has 0 rings (SSSR count). The van der Waals surface area contributed by atoms with Gasteiger partial charge in [0, 0.05) is 0 Å². The second kappa shape index (κ2) is 4.79. The fourth-order valence-electron chi connectivity index (χ4n) is 0.972. The molecule has 0 aromatic carbocycles. The van der Waals surface area contributed by atoms with Crippen LogP contribution in [0.2, 0.25) is 0 Å². The van der Waals surface area contributed by atoms with E-state index in [4.69, 9.17) is 0 Å².